The first kappa shape index (κ1) is 13.0. The molecule has 0 spiro atoms. The van der Waals surface area contributed by atoms with Gasteiger partial charge in [-0.15, -0.1) is 0 Å². The molecule has 16 heavy (non-hydrogen) atoms. The minimum atomic E-state index is -1.15. The summed E-state index contributed by atoms with van der Waals surface area (Å²) in [6.07, 6.45) is 4.15. The van der Waals surface area contributed by atoms with Crippen molar-refractivity contribution in [3.05, 3.63) is 0 Å². The van der Waals surface area contributed by atoms with Crippen molar-refractivity contribution in [3.8, 4) is 0 Å². The monoisotopic (exact) mass is 229 g/mol. The molecule has 2 atom stereocenters. The van der Waals surface area contributed by atoms with Gasteiger partial charge in [-0.3, -0.25) is 9.59 Å². The smallest absolute Gasteiger partial charge is 0.324 e. The lowest BCUT2D eigenvalue weighted by atomic mass is 9.89. The molecule has 5 heteroatoms. The second-order valence-corrected chi connectivity index (χ2v) is 4.34. The quantitative estimate of drug-likeness (QED) is 0.699. The van der Waals surface area contributed by atoms with Gasteiger partial charge in [0.1, 0.15) is 12.1 Å². The van der Waals surface area contributed by atoms with Crippen molar-refractivity contribution in [2.75, 3.05) is 0 Å². The summed E-state index contributed by atoms with van der Waals surface area (Å²) in [7, 11) is 0. The van der Waals surface area contributed by atoms with Crippen LogP contribution in [0.4, 0.5) is 0 Å². The Morgan fingerprint density at radius 3 is 2.38 bits per heavy atom. The zero-order valence-electron chi connectivity index (χ0n) is 9.52. The maximum Gasteiger partial charge on any atom is 0.324 e. The number of rotatable bonds is 4. The Bertz CT molecular complexity index is 261. The van der Waals surface area contributed by atoms with Gasteiger partial charge in [0, 0.05) is 0 Å². The molecule has 0 aromatic carbocycles. The van der Waals surface area contributed by atoms with Crippen molar-refractivity contribution in [1.29, 1.82) is 0 Å². The third-order valence-electron chi connectivity index (χ3n) is 3.03. The molecule has 0 aliphatic heterocycles. The molecule has 0 bridgehead atoms. The van der Waals surface area contributed by atoms with E-state index >= 15 is 0 Å². The first-order valence-corrected chi connectivity index (χ1v) is 5.71. The Balaban J connectivity index is 2.40. The van der Waals surface area contributed by atoms with Gasteiger partial charge in [0.15, 0.2) is 0 Å². The Morgan fingerprint density at radius 1 is 1.31 bits per heavy atom. The second kappa shape index (κ2) is 5.84. The number of carbonyl (C=O) groups excluding carboxylic acids is 1. The second-order valence-electron chi connectivity index (χ2n) is 4.34. The first-order chi connectivity index (χ1) is 7.52. The summed E-state index contributed by atoms with van der Waals surface area (Å²) in [5.41, 5.74) is 5.36. The molecule has 0 aromatic heterocycles. The Labute approximate surface area is 95.0 Å². The lowest BCUT2D eigenvalue weighted by molar-refractivity contribution is -0.158. The van der Waals surface area contributed by atoms with Gasteiger partial charge in [-0.05, 0) is 19.8 Å². The van der Waals surface area contributed by atoms with E-state index in [2.05, 4.69) is 0 Å². The van der Waals surface area contributed by atoms with E-state index in [1.165, 1.54) is 6.92 Å². The van der Waals surface area contributed by atoms with E-state index in [1.54, 1.807) is 0 Å². The maximum atomic E-state index is 11.7. The van der Waals surface area contributed by atoms with Crippen LogP contribution < -0.4 is 5.73 Å². The Kier molecular flexibility index (Phi) is 4.73. The number of esters is 1. The van der Waals surface area contributed by atoms with Crippen LogP contribution in [0.15, 0.2) is 0 Å². The van der Waals surface area contributed by atoms with Crippen LogP contribution in [-0.4, -0.2) is 29.2 Å². The minimum Gasteiger partial charge on any atom is -0.480 e. The third-order valence-corrected chi connectivity index (χ3v) is 3.03. The van der Waals surface area contributed by atoms with E-state index < -0.39 is 18.1 Å². The van der Waals surface area contributed by atoms with Gasteiger partial charge in [-0.1, -0.05) is 19.3 Å². The average molecular weight is 229 g/mol. The van der Waals surface area contributed by atoms with Crippen LogP contribution in [0, 0.1) is 5.92 Å². The van der Waals surface area contributed by atoms with Crippen molar-refractivity contribution in [1.82, 2.24) is 0 Å². The zero-order valence-corrected chi connectivity index (χ0v) is 9.52. The van der Waals surface area contributed by atoms with Gasteiger partial charge < -0.3 is 15.6 Å². The molecule has 5 nitrogen and oxygen atoms in total. The lowest BCUT2D eigenvalue weighted by Gasteiger charge is -2.23. The molecule has 1 fully saturated rings. The zero-order chi connectivity index (χ0) is 12.1. The van der Waals surface area contributed by atoms with Crippen molar-refractivity contribution >= 4 is 11.9 Å². The molecule has 3 N–H and O–H groups in total. The minimum absolute atomic E-state index is 0.0720. The number of carbonyl (C=O) groups is 2. The van der Waals surface area contributed by atoms with E-state index in [-0.39, 0.29) is 11.9 Å². The number of nitrogens with two attached hydrogens (primary N) is 1. The van der Waals surface area contributed by atoms with E-state index in [9.17, 15) is 9.59 Å². The molecule has 1 aliphatic carbocycles. The van der Waals surface area contributed by atoms with Crippen molar-refractivity contribution in [2.24, 2.45) is 11.7 Å². The van der Waals surface area contributed by atoms with Gasteiger partial charge in [0.05, 0.1) is 5.92 Å². The van der Waals surface area contributed by atoms with E-state index in [0.29, 0.717) is 0 Å². The van der Waals surface area contributed by atoms with Crippen LogP contribution in [-0.2, 0) is 14.3 Å². The van der Waals surface area contributed by atoms with E-state index in [1.807, 2.05) is 0 Å². The molecule has 0 unspecified atom stereocenters. The van der Waals surface area contributed by atoms with Crippen molar-refractivity contribution < 1.29 is 19.4 Å². The highest BCUT2D eigenvalue weighted by Gasteiger charge is 2.28. The summed E-state index contributed by atoms with van der Waals surface area (Å²) >= 11 is 0. The van der Waals surface area contributed by atoms with Gasteiger partial charge in [-0.2, -0.15) is 0 Å². The topological polar surface area (TPSA) is 89.6 Å². The fraction of sp³-hybridized carbons (Fsp3) is 0.818. The standard InChI is InChI=1S/C11H19NO4/c1-7(9(12)10(13)14)16-11(15)8-5-3-2-4-6-8/h7-9H,2-6,12H2,1H3,(H,13,14)/t7-,9+/m1/s1. The van der Waals surface area contributed by atoms with Gasteiger partial charge in [0.2, 0.25) is 0 Å². The molecule has 0 saturated heterocycles. The van der Waals surface area contributed by atoms with Gasteiger partial charge in [0.25, 0.3) is 0 Å². The van der Waals surface area contributed by atoms with Crippen LogP contribution >= 0.6 is 0 Å². The van der Waals surface area contributed by atoms with Crippen LogP contribution in [0.2, 0.25) is 0 Å². The number of ether oxygens (including phenoxy) is 1. The van der Waals surface area contributed by atoms with E-state index in [0.717, 1.165) is 32.1 Å². The average Bonchev–Trinajstić information content (AvgIpc) is 2.28. The predicted octanol–water partition coefficient (Wildman–Crippen LogP) is 0.910. The molecule has 1 saturated carbocycles. The largest absolute Gasteiger partial charge is 0.480 e. The Morgan fingerprint density at radius 2 is 1.88 bits per heavy atom. The molecule has 92 valence electrons. The number of hydrogen-bond donors (Lipinski definition) is 2. The summed E-state index contributed by atoms with van der Waals surface area (Å²) in [5, 5.41) is 8.66. The first-order valence-electron chi connectivity index (χ1n) is 5.71. The van der Waals surface area contributed by atoms with Crippen LogP contribution in [0.3, 0.4) is 0 Å². The van der Waals surface area contributed by atoms with Gasteiger partial charge >= 0.3 is 11.9 Å². The summed E-state index contributed by atoms with van der Waals surface area (Å²) in [5.74, 6) is -1.52. The number of hydrogen-bond acceptors (Lipinski definition) is 4. The molecule has 0 aromatic rings. The van der Waals surface area contributed by atoms with Crippen molar-refractivity contribution in [3.63, 3.8) is 0 Å². The highest BCUT2D eigenvalue weighted by Crippen LogP contribution is 2.25. The summed E-state index contributed by atoms with van der Waals surface area (Å²) in [6, 6.07) is -1.15. The predicted molar refractivity (Wildman–Crippen MR) is 57.7 cm³/mol. The lowest BCUT2D eigenvalue weighted by Crippen LogP contribution is -2.43. The third kappa shape index (κ3) is 3.48. The summed E-state index contributed by atoms with van der Waals surface area (Å²) in [6.45, 7) is 1.51. The van der Waals surface area contributed by atoms with Crippen LogP contribution in [0.25, 0.3) is 0 Å². The molecule has 1 aliphatic rings. The molecule has 0 heterocycles. The molecular formula is C11H19NO4. The SMILES string of the molecule is C[C@@H](OC(=O)C1CCCCC1)[C@H](N)C(=O)O. The molecule has 1 rings (SSSR count). The fourth-order valence-electron chi connectivity index (χ4n) is 1.89. The number of aliphatic carboxylic acids is 1. The molecular weight excluding hydrogens is 210 g/mol. The highest BCUT2D eigenvalue weighted by atomic mass is 16.5. The molecule has 0 radical (unpaired) electrons. The summed E-state index contributed by atoms with van der Waals surface area (Å²) in [4.78, 5) is 22.2. The number of carboxylic acids is 1. The van der Waals surface area contributed by atoms with Crippen LogP contribution in [0.5, 0.6) is 0 Å². The molecule has 0 amide bonds. The maximum absolute atomic E-state index is 11.7. The number of carboxylic acid groups (broad SMARTS) is 1. The Hall–Kier alpha value is -1.10. The van der Waals surface area contributed by atoms with Crippen molar-refractivity contribution in [2.45, 2.75) is 51.2 Å². The van der Waals surface area contributed by atoms with Crippen LogP contribution in [0.1, 0.15) is 39.0 Å². The van der Waals surface area contributed by atoms with E-state index in [4.69, 9.17) is 15.6 Å². The highest BCUT2D eigenvalue weighted by molar-refractivity contribution is 5.76. The fourth-order valence-corrected chi connectivity index (χ4v) is 1.89. The normalized spacial score (nSPS) is 21.1. The van der Waals surface area contributed by atoms with Gasteiger partial charge in [-0.25, -0.2) is 0 Å². The summed E-state index contributed by atoms with van der Waals surface area (Å²) < 4.78 is 5.07.